The van der Waals surface area contributed by atoms with Crippen LogP contribution in [0.1, 0.15) is 15.9 Å². The van der Waals surface area contributed by atoms with Crippen molar-refractivity contribution in [3.63, 3.8) is 0 Å². The fourth-order valence-electron chi connectivity index (χ4n) is 2.01. The van der Waals surface area contributed by atoms with Crippen LogP contribution in [-0.4, -0.2) is 23.0 Å². The summed E-state index contributed by atoms with van der Waals surface area (Å²) in [5, 5.41) is 11.4. The van der Waals surface area contributed by atoms with Crippen LogP contribution in [0, 0.1) is 11.6 Å². The normalized spacial score (nSPS) is 11.8. The van der Waals surface area contributed by atoms with Crippen molar-refractivity contribution in [1.82, 2.24) is 5.32 Å². The van der Waals surface area contributed by atoms with Crippen LogP contribution in [0.4, 0.5) is 8.78 Å². The molecule has 1 atom stereocenters. The third-order valence-electron chi connectivity index (χ3n) is 3.13. The van der Waals surface area contributed by atoms with Crippen molar-refractivity contribution in [3.05, 3.63) is 69.7 Å². The lowest BCUT2D eigenvalue weighted by atomic mass is 10.1. The smallest absolute Gasteiger partial charge is 0.326 e. The topological polar surface area (TPSA) is 66.4 Å². The molecule has 0 bridgehead atoms. The van der Waals surface area contributed by atoms with Gasteiger partial charge in [0.1, 0.15) is 6.04 Å². The van der Waals surface area contributed by atoms with E-state index in [2.05, 4.69) is 21.2 Å². The van der Waals surface area contributed by atoms with Gasteiger partial charge in [0, 0.05) is 10.9 Å². The molecule has 120 valence electrons. The van der Waals surface area contributed by atoms with Gasteiger partial charge in [-0.1, -0.05) is 34.1 Å². The minimum absolute atomic E-state index is 0.0114. The fraction of sp³-hybridized carbons (Fsp3) is 0.125. The maximum atomic E-state index is 13.6. The third kappa shape index (κ3) is 4.35. The molecule has 0 aliphatic carbocycles. The summed E-state index contributed by atoms with van der Waals surface area (Å²) in [5.74, 6) is -4.73. The highest BCUT2D eigenvalue weighted by Gasteiger charge is 2.23. The Morgan fingerprint density at radius 3 is 2.52 bits per heavy atom. The van der Waals surface area contributed by atoms with E-state index in [4.69, 9.17) is 0 Å². The maximum absolute atomic E-state index is 13.6. The molecule has 2 rings (SSSR count). The summed E-state index contributed by atoms with van der Waals surface area (Å²) < 4.78 is 27.5. The van der Waals surface area contributed by atoms with Crippen LogP contribution in [0.25, 0.3) is 0 Å². The predicted molar refractivity (Wildman–Crippen MR) is 83.1 cm³/mol. The van der Waals surface area contributed by atoms with Gasteiger partial charge in [0.05, 0.1) is 5.56 Å². The van der Waals surface area contributed by atoms with Gasteiger partial charge in [-0.2, -0.15) is 0 Å². The Morgan fingerprint density at radius 2 is 1.87 bits per heavy atom. The van der Waals surface area contributed by atoms with Crippen LogP contribution >= 0.6 is 15.9 Å². The Kier molecular flexibility index (Phi) is 5.44. The van der Waals surface area contributed by atoms with E-state index in [0.29, 0.717) is 5.56 Å². The van der Waals surface area contributed by atoms with Gasteiger partial charge in [-0.15, -0.1) is 0 Å². The van der Waals surface area contributed by atoms with Gasteiger partial charge in [-0.25, -0.2) is 13.6 Å². The highest BCUT2D eigenvalue weighted by atomic mass is 79.9. The second kappa shape index (κ2) is 7.32. The van der Waals surface area contributed by atoms with Gasteiger partial charge >= 0.3 is 5.97 Å². The number of amides is 1. The Balaban J connectivity index is 2.18. The number of nitrogens with one attached hydrogen (secondary N) is 1. The van der Waals surface area contributed by atoms with Crippen molar-refractivity contribution < 1.29 is 23.5 Å². The van der Waals surface area contributed by atoms with E-state index in [9.17, 15) is 23.5 Å². The number of hydrogen-bond acceptors (Lipinski definition) is 2. The number of rotatable bonds is 5. The van der Waals surface area contributed by atoms with Gasteiger partial charge in [0.25, 0.3) is 5.91 Å². The number of hydrogen-bond donors (Lipinski definition) is 2. The predicted octanol–water partition coefficient (Wildman–Crippen LogP) is 3.15. The van der Waals surface area contributed by atoms with Crippen molar-refractivity contribution in [2.75, 3.05) is 0 Å². The lowest BCUT2D eigenvalue weighted by Crippen LogP contribution is -2.42. The van der Waals surface area contributed by atoms with Gasteiger partial charge < -0.3 is 10.4 Å². The number of aliphatic carboxylic acids is 1. The number of benzene rings is 2. The molecule has 0 saturated heterocycles. The summed E-state index contributed by atoms with van der Waals surface area (Å²) in [5.41, 5.74) is 0.136. The Morgan fingerprint density at radius 1 is 1.17 bits per heavy atom. The summed E-state index contributed by atoms with van der Waals surface area (Å²) >= 11 is 3.27. The number of carbonyl (C=O) groups excluding carboxylic acids is 1. The van der Waals surface area contributed by atoms with E-state index < -0.39 is 35.1 Å². The van der Waals surface area contributed by atoms with E-state index in [-0.39, 0.29) is 6.42 Å². The molecule has 2 aromatic rings. The van der Waals surface area contributed by atoms with E-state index in [0.717, 1.165) is 16.6 Å². The largest absolute Gasteiger partial charge is 0.480 e. The van der Waals surface area contributed by atoms with Gasteiger partial charge in [0.2, 0.25) is 0 Å². The quantitative estimate of drug-likeness (QED) is 0.833. The molecule has 7 heteroatoms. The minimum Gasteiger partial charge on any atom is -0.480 e. The van der Waals surface area contributed by atoms with Gasteiger partial charge in [-0.05, 0) is 29.8 Å². The molecule has 0 unspecified atom stereocenters. The zero-order valence-corrected chi connectivity index (χ0v) is 13.3. The van der Waals surface area contributed by atoms with Crippen molar-refractivity contribution in [3.8, 4) is 0 Å². The number of carboxylic acids is 1. The van der Waals surface area contributed by atoms with Crippen molar-refractivity contribution in [1.29, 1.82) is 0 Å². The lowest BCUT2D eigenvalue weighted by Gasteiger charge is -2.15. The van der Waals surface area contributed by atoms with Crippen LogP contribution in [0.2, 0.25) is 0 Å². The molecule has 0 aliphatic rings. The SMILES string of the molecule is O=C(N[C@H](Cc1cccc(Br)c1)C(=O)O)c1cccc(F)c1F. The standard InChI is InChI=1S/C16H12BrF2NO3/c17-10-4-1-3-9(7-10)8-13(16(22)23)20-15(21)11-5-2-6-12(18)14(11)19/h1-7,13H,8H2,(H,20,21)(H,22,23)/t13-/m1/s1. The first-order valence-corrected chi connectivity index (χ1v) is 7.40. The Bertz CT molecular complexity index is 752. The Hall–Kier alpha value is -2.28. The molecule has 0 spiro atoms. The zero-order chi connectivity index (χ0) is 17.0. The highest BCUT2D eigenvalue weighted by molar-refractivity contribution is 9.10. The third-order valence-corrected chi connectivity index (χ3v) is 3.62. The molecule has 2 N–H and O–H groups in total. The average Bonchev–Trinajstić information content (AvgIpc) is 2.49. The molecule has 4 nitrogen and oxygen atoms in total. The molecule has 2 aromatic carbocycles. The van der Waals surface area contributed by atoms with E-state index >= 15 is 0 Å². The summed E-state index contributed by atoms with van der Waals surface area (Å²) in [4.78, 5) is 23.3. The maximum Gasteiger partial charge on any atom is 0.326 e. The van der Waals surface area contributed by atoms with Gasteiger partial charge in [0.15, 0.2) is 11.6 Å². The molecule has 0 fully saturated rings. The van der Waals surface area contributed by atoms with Crippen LogP contribution < -0.4 is 5.32 Å². The van der Waals surface area contributed by atoms with Crippen LogP contribution in [0.3, 0.4) is 0 Å². The molecule has 23 heavy (non-hydrogen) atoms. The van der Waals surface area contributed by atoms with Crippen molar-refractivity contribution in [2.24, 2.45) is 0 Å². The summed E-state index contributed by atoms with van der Waals surface area (Å²) in [6, 6.07) is 8.80. The van der Waals surface area contributed by atoms with E-state index in [1.807, 2.05) is 0 Å². The van der Waals surface area contributed by atoms with Crippen molar-refractivity contribution >= 4 is 27.8 Å². The lowest BCUT2D eigenvalue weighted by molar-refractivity contribution is -0.139. The second-order valence-electron chi connectivity index (χ2n) is 4.80. The monoisotopic (exact) mass is 383 g/mol. The summed E-state index contributed by atoms with van der Waals surface area (Å²) in [6.45, 7) is 0. The van der Waals surface area contributed by atoms with Crippen LogP contribution in [0.15, 0.2) is 46.9 Å². The molecule has 1 amide bonds. The fourth-order valence-corrected chi connectivity index (χ4v) is 2.46. The first-order chi connectivity index (χ1) is 10.9. The first kappa shape index (κ1) is 17.1. The molecule has 0 aliphatic heterocycles. The molecule has 0 radical (unpaired) electrons. The highest BCUT2D eigenvalue weighted by Crippen LogP contribution is 2.15. The number of carbonyl (C=O) groups is 2. The van der Waals surface area contributed by atoms with E-state index in [1.165, 1.54) is 6.07 Å². The summed E-state index contributed by atoms with van der Waals surface area (Å²) in [6.07, 6.45) is 0.0114. The van der Waals surface area contributed by atoms with Crippen LogP contribution in [0.5, 0.6) is 0 Å². The first-order valence-electron chi connectivity index (χ1n) is 6.60. The van der Waals surface area contributed by atoms with Crippen LogP contribution in [-0.2, 0) is 11.2 Å². The second-order valence-corrected chi connectivity index (χ2v) is 5.72. The minimum atomic E-state index is -1.31. The Labute approximate surface area is 139 Å². The number of carboxylic acid groups (broad SMARTS) is 1. The molecule has 0 saturated carbocycles. The average molecular weight is 384 g/mol. The number of halogens is 3. The van der Waals surface area contributed by atoms with Gasteiger partial charge in [-0.3, -0.25) is 4.79 Å². The zero-order valence-electron chi connectivity index (χ0n) is 11.7. The molecular weight excluding hydrogens is 372 g/mol. The van der Waals surface area contributed by atoms with E-state index in [1.54, 1.807) is 24.3 Å². The molecule has 0 heterocycles. The molecule has 0 aromatic heterocycles. The molecular formula is C16H12BrF2NO3. The van der Waals surface area contributed by atoms with Crippen molar-refractivity contribution in [2.45, 2.75) is 12.5 Å². The summed E-state index contributed by atoms with van der Waals surface area (Å²) in [7, 11) is 0.